The number of H-pyrrole nitrogens is 1. The molecule has 1 amide bonds. The molecule has 1 aromatic carbocycles. The molecule has 1 atom stereocenters. The number of likely N-dealkylation sites (tertiary alicyclic amines) is 1. The zero-order valence-electron chi connectivity index (χ0n) is 21.2. The van der Waals surface area contributed by atoms with E-state index in [1.54, 1.807) is 41.7 Å². The number of aromatic nitrogens is 3. The van der Waals surface area contributed by atoms with Crippen LogP contribution in [0.25, 0.3) is 33.4 Å². The fourth-order valence-electron chi connectivity index (χ4n) is 4.53. The third-order valence-corrected chi connectivity index (χ3v) is 6.18. The molecule has 0 radical (unpaired) electrons. The average molecular weight is 525 g/mol. The van der Waals surface area contributed by atoms with E-state index in [9.17, 15) is 18.0 Å². The van der Waals surface area contributed by atoms with Crippen LogP contribution in [0.3, 0.4) is 0 Å². The first-order valence-corrected chi connectivity index (χ1v) is 12.2. The number of carbonyl (C=O) groups excluding carboxylic acids is 1. The number of carbonyl (C=O) groups is 1. The quantitative estimate of drug-likeness (QED) is 0.321. The lowest BCUT2D eigenvalue weighted by Gasteiger charge is -2.24. The molecule has 7 nitrogen and oxygen atoms in total. The SMILES string of the molecule is CC(C)(C)OC(=O)N1CCC(Oc2cnccc2-c2[nH]c3cccnc3c2-c2cccc(C(F)(F)F)c2)C1. The van der Waals surface area contributed by atoms with Gasteiger partial charge in [-0.2, -0.15) is 13.2 Å². The van der Waals surface area contributed by atoms with Crippen LogP contribution in [0.2, 0.25) is 0 Å². The third-order valence-electron chi connectivity index (χ3n) is 6.18. The molecule has 3 aromatic heterocycles. The molecule has 4 heterocycles. The van der Waals surface area contributed by atoms with Crippen molar-refractivity contribution in [2.75, 3.05) is 13.1 Å². The molecule has 38 heavy (non-hydrogen) atoms. The van der Waals surface area contributed by atoms with E-state index in [1.807, 2.05) is 26.8 Å². The third kappa shape index (κ3) is 5.29. The number of aromatic amines is 1. The van der Waals surface area contributed by atoms with Gasteiger partial charge in [0.1, 0.15) is 17.5 Å². The van der Waals surface area contributed by atoms with Crippen LogP contribution in [-0.2, 0) is 10.9 Å². The van der Waals surface area contributed by atoms with Gasteiger partial charge in [0.2, 0.25) is 0 Å². The summed E-state index contributed by atoms with van der Waals surface area (Å²) in [7, 11) is 0. The van der Waals surface area contributed by atoms with Crippen molar-refractivity contribution in [3.05, 3.63) is 66.6 Å². The normalized spacial score (nSPS) is 16.2. The highest BCUT2D eigenvalue weighted by atomic mass is 19.4. The van der Waals surface area contributed by atoms with Gasteiger partial charge in [-0.15, -0.1) is 0 Å². The maximum Gasteiger partial charge on any atom is 0.416 e. The standard InChI is InChI=1S/C28H27F3N4O3/c1-27(2,3)38-26(36)35-13-10-19(16-35)37-22-15-32-12-9-20(22)24-23(25-21(34-24)8-5-11-33-25)17-6-4-7-18(14-17)28(29,30)31/h4-9,11-12,14-15,19,34H,10,13,16H2,1-3H3. The number of benzene rings is 1. The van der Waals surface area contributed by atoms with Gasteiger partial charge in [-0.1, -0.05) is 12.1 Å². The zero-order valence-corrected chi connectivity index (χ0v) is 21.2. The Balaban J connectivity index is 1.51. The van der Waals surface area contributed by atoms with E-state index < -0.39 is 23.4 Å². The molecule has 4 aromatic rings. The van der Waals surface area contributed by atoms with Gasteiger partial charge in [-0.25, -0.2) is 4.79 Å². The fourth-order valence-corrected chi connectivity index (χ4v) is 4.53. The Morgan fingerprint density at radius 2 is 1.92 bits per heavy atom. The summed E-state index contributed by atoms with van der Waals surface area (Å²) in [4.78, 5) is 26.1. The molecule has 0 saturated carbocycles. The summed E-state index contributed by atoms with van der Waals surface area (Å²) >= 11 is 0. The molecule has 198 valence electrons. The number of hydrogen-bond donors (Lipinski definition) is 1. The smallest absolute Gasteiger partial charge is 0.416 e. The summed E-state index contributed by atoms with van der Waals surface area (Å²) in [5, 5.41) is 0. The lowest BCUT2D eigenvalue weighted by atomic mass is 9.98. The predicted octanol–water partition coefficient (Wildman–Crippen LogP) is 6.70. The lowest BCUT2D eigenvalue weighted by Crippen LogP contribution is -2.36. The zero-order chi connectivity index (χ0) is 27.1. The van der Waals surface area contributed by atoms with E-state index in [-0.39, 0.29) is 6.10 Å². The minimum atomic E-state index is -4.48. The monoisotopic (exact) mass is 524 g/mol. The van der Waals surface area contributed by atoms with Crippen LogP contribution >= 0.6 is 0 Å². The van der Waals surface area contributed by atoms with Crippen LogP contribution in [-0.4, -0.2) is 50.7 Å². The molecule has 0 aliphatic carbocycles. The first-order valence-electron chi connectivity index (χ1n) is 12.2. The molecule has 10 heteroatoms. The van der Waals surface area contributed by atoms with Crippen molar-refractivity contribution in [3.63, 3.8) is 0 Å². The second-order valence-electron chi connectivity index (χ2n) is 10.2. The van der Waals surface area contributed by atoms with Gasteiger partial charge in [0.05, 0.1) is 35.0 Å². The van der Waals surface area contributed by atoms with Crippen LogP contribution in [0.5, 0.6) is 5.75 Å². The number of alkyl halides is 3. The van der Waals surface area contributed by atoms with Crippen LogP contribution in [0.1, 0.15) is 32.8 Å². The van der Waals surface area contributed by atoms with Gasteiger partial charge >= 0.3 is 12.3 Å². The van der Waals surface area contributed by atoms with Gasteiger partial charge in [0, 0.05) is 36.5 Å². The van der Waals surface area contributed by atoms with Gasteiger partial charge in [0.25, 0.3) is 0 Å². The Hall–Kier alpha value is -4.08. The number of amides is 1. The van der Waals surface area contributed by atoms with E-state index in [2.05, 4.69) is 15.0 Å². The summed E-state index contributed by atoms with van der Waals surface area (Å²) in [6, 6.07) is 10.5. The second-order valence-corrected chi connectivity index (χ2v) is 10.2. The van der Waals surface area contributed by atoms with Gasteiger partial charge < -0.3 is 19.4 Å². The fraction of sp³-hybridized carbons (Fsp3) is 0.321. The van der Waals surface area contributed by atoms with Crippen molar-refractivity contribution in [3.8, 4) is 28.1 Å². The number of nitrogens with zero attached hydrogens (tertiary/aromatic N) is 3. The number of fused-ring (bicyclic) bond motifs is 1. The topological polar surface area (TPSA) is 80.3 Å². The Morgan fingerprint density at radius 1 is 1.11 bits per heavy atom. The molecule has 0 bridgehead atoms. The van der Waals surface area contributed by atoms with Gasteiger partial charge in [-0.3, -0.25) is 9.97 Å². The number of ether oxygens (including phenoxy) is 2. The highest BCUT2D eigenvalue weighted by Gasteiger charge is 2.33. The van der Waals surface area contributed by atoms with Crippen LogP contribution < -0.4 is 4.74 Å². The van der Waals surface area contributed by atoms with Crippen molar-refractivity contribution >= 4 is 17.1 Å². The Kier molecular flexibility index (Phi) is 6.50. The van der Waals surface area contributed by atoms with Crippen LogP contribution in [0.4, 0.5) is 18.0 Å². The van der Waals surface area contributed by atoms with Crippen molar-refractivity contribution in [1.82, 2.24) is 19.9 Å². The van der Waals surface area contributed by atoms with Gasteiger partial charge in [-0.05, 0) is 56.7 Å². The molecule has 1 saturated heterocycles. The summed E-state index contributed by atoms with van der Waals surface area (Å²) in [5.41, 5.74) is 1.97. The van der Waals surface area contributed by atoms with Crippen molar-refractivity contribution in [1.29, 1.82) is 0 Å². The Labute approximate surface area is 217 Å². The molecule has 1 N–H and O–H groups in total. The average Bonchev–Trinajstić information content (AvgIpc) is 3.48. The molecular formula is C28H27F3N4O3. The maximum absolute atomic E-state index is 13.5. The molecule has 1 aliphatic heterocycles. The van der Waals surface area contributed by atoms with Crippen molar-refractivity contribution in [2.24, 2.45) is 0 Å². The minimum Gasteiger partial charge on any atom is -0.486 e. The second kappa shape index (κ2) is 9.66. The molecule has 1 unspecified atom stereocenters. The number of rotatable bonds is 4. The number of pyridine rings is 2. The first-order chi connectivity index (χ1) is 18.0. The highest BCUT2D eigenvalue weighted by molar-refractivity contribution is 6.02. The van der Waals surface area contributed by atoms with E-state index >= 15 is 0 Å². The van der Waals surface area contributed by atoms with Crippen molar-refractivity contribution < 1.29 is 27.4 Å². The molecule has 1 aliphatic rings. The predicted molar refractivity (Wildman–Crippen MR) is 137 cm³/mol. The maximum atomic E-state index is 13.5. The number of nitrogens with one attached hydrogen (secondary N) is 1. The van der Waals surface area contributed by atoms with Crippen LogP contribution in [0, 0.1) is 0 Å². The summed E-state index contributed by atoms with van der Waals surface area (Å²) in [6.07, 6.45) is 0.184. The molecule has 5 rings (SSSR count). The minimum absolute atomic E-state index is 0.301. The Morgan fingerprint density at radius 3 is 2.68 bits per heavy atom. The van der Waals surface area contributed by atoms with Crippen LogP contribution in [0.15, 0.2) is 61.1 Å². The van der Waals surface area contributed by atoms with E-state index in [4.69, 9.17) is 9.47 Å². The first kappa shape index (κ1) is 25.6. The molecular weight excluding hydrogens is 497 g/mol. The number of hydrogen-bond acceptors (Lipinski definition) is 5. The summed E-state index contributed by atoms with van der Waals surface area (Å²) in [6.45, 7) is 6.27. The van der Waals surface area contributed by atoms with E-state index in [1.165, 1.54) is 6.07 Å². The number of halogens is 3. The highest BCUT2D eigenvalue weighted by Crippen LogP contribution is 2.42. The van der Waals surface area contributed by atoms with Crippen molar-refractivity contribution in [2.45, 2.75) is 45.1 Å². The largest absolute Gasteiger partial charge is 0.486 e. The summed E-state index contributed by atoms with van der Waals surface area (Å²) < 4.78 is 52.4. The molecule has 0 spiro atoms. The van der Waals surface area contributed by atoms with Gasteiger partial charge in [0.15, 0.2) is 0 Å². The lowest BCUT2D eigenvalue weighted by molar-refractivity contribution is -0.137. The summed E-state index contributed by atoms with van der Waals surface area (Å²) in [5.74, 6) is 0.448. The van der Waals surface area contributed by atoms with E-state index in [0.717, 1.165) is 12.1 Å². The van der Waals surface area contributed by atoms with E-state index in [0.29, 0.717) is 58.7 Å². The molecule has 1 fully saturated rings. The Bertz CT molecular complexity index is 1480.